The zero-order valence-corrected chi connectivity index (χ0v) is 14.0. The van der Waals surface area contributed by atoms with E-state index in [1.165, 1.54) is 18.3 Å². The van der Waals surface area contributed by atoms with Crippen LogP contribution in [0.25, 0.3) is 0 Å². The Balaban J connectivity index is 1.87. The van der Waals surface area contributed by atoms with Crippen molar-refractivity contribution in [2.24, 2.45) is 0 Å². The molecule has 0 unspecified atom stereocenters. The van der Waals surface area contributed by atoms with Gasteiger partial charge < -0.3 is 15.2 Å². The van der Waals surface area contributed by atoms with Gasteiger partial charge in [-0.25, -0.2) is 0 Å². The van der Waals surface area contributed by atoms with E-state index in [0.29, 0.717) is 11.4 Å². The van der Waals surface area contributed by atoms with Gasteiger partial charge in [0, 0.05) is 6.20 Å². The smallest absolute Gasteiger partial charge is 0.259 e. The number of carbonyl (C=O) groups excluding carboxylic acids is 1. The van der Waals surface area contributed by atoms with Crippen molar-refractivity contribution in [2.45, 2.75) is 13.8 Å². The Morgan fingerprint density at radius 2 is 1.84 bits per heavy atom. The molecule has 0 aliphatic rings. The van der Waals surface area contributed by atoms with E-state index in [9.17, 15) is 9.90 Å². The molecule has 1 heterocycles. The van der Waals surface area contributed by atoms with Gasteiger partial charge in [0.1, 0.15) is 17.2 Å². The first kappa shape index (κ1) is 16.5. The number of nitrogens with zero attached hydrogens (tertiary/aromatic N) is 1. The summed E-state index contributed by atoms with van der Waals surface area (Å²) in [7, 11) is 0. The van der Waals surface area contributed by atoms with Gasteiger partial charge in [0.2, 0.25) is 0 Å². The standard InChI is InChI=1S/C20H18N2O3/c1-13-5-3-6-14(2)19(13)25-16-8-9-18(23)17(11-16)20(24)22-15-7-4-10-21-12-15/h3-12,23H,1-2H3,(H,22,24). The van der Waals surface area contributed by atoms with E-state index >= 15 is 0 Å². The largest absolute Gasteiger partial charge is 0.507 e. The number of benzene rings is 2. The molecule has 0 atom stereocenters. The molecule has 5 heteroatoms. The molecule has 126 valence electrons. The molecule has 0 fully saturated rings. The molecule has 0 aliphatic carbocycles. The monoisotopic (exact) mass is 334 g/mol. The van der Waals surface area contributed by atoms with Crippen molar-refractivity contribution in [3.8, 4) is 17.2 Å². The van der Waals surface area contributed by atoms with Gasteiger partial charge >= 0.3 is 0 Å². The van der Waals surface area contributed by atoms with Crippen LogP contribution in [0, 0.1) is 13.8 Å². The molecule has 0 saturated carbocycles. The normalized spacial score (nSPS) is 10.3. The summed E-state index contributed by atoms with van der Waals surface area (Å²) in [4.78, 5) is 16.4. The summed E-state index contributed by atoms with van der Waals surface area (Å²) in [6, 6.07) is 13.9. The lowest BCUT2D eigenvalue weighted by molar-refractivity contribution is 0.102. The number of phenols is 1. The molecule has 0 spiro atoms. The summed E-state index contributed by atoms with van der Waals surface area (Å²) in [6.45, 7) is 3.91. The van der Waals surface area contributed by atoms with Gasteiger partial charge in [0.25, 0.3) is 5.91 Å². The van der Waals surface area contributed by atoms with Crippen LogP contribution < -0.4 is 10.1 Å². The summed E-state index contributed by atoms with van der Waals surface area (Å²) in [6.07, 6.45) is 3.15. The number of aromatic hydroxyl groups is 1. The van der Waals surface area contributed by atoms with Crippen LogP contribution in [0.4, 0.5) is 5.69 Å². The van der Waals surface area contributed by atoms with Crippen molar-refractivity contribution in [1.29, 1.82) is 0 Å². The van der Waals surface area contributed by atoms with Crippen LogP contribution in [0.1, 0.15) is 21.5 Å². The second-order valence-electron chi connectivity index (χ2n) is 5.70. The first-order valence-corrected chi connectivity index (χ1v) is 7.83. The second kappa shape index (κ2) is 7.05. The van der Waals surface area contributed by atoms with Crippen molar-refractivity contribution < 1.29 is 14.6 Å². The number of ether oxygens (including phenoxy) is 1. The number of pyridine rings is 1. The fourth-order valence-electron chi connectivity index (χ4n) is 2.47. The van der Waals surface area contributed by atoms with E-state index in [0.717, 1.165) is 16.9 Å². The Morgan fingerprint density at radius 3 is 2.52 bits per heavy atom. The second-order valence-corrected chi connectivity index (χ2v) is 5.70. The van der Waals surface area contributed by atoms with Crippen molar-refractivity contribution in [3.63, 3.8) is 0 Å². The number of amides is 1. The molecular weight excluding hydrogens is 316 g/mol. The van der Waals surface area contributed by atoms with Crippen LogP contribution in [0.15, 0.2) is 60.9 Å². The first-order chi connectivity index (χ1) is 12.0. The number of aromatic nitrogens is 1. The first-order valence-electron chi connectivity index (χ1n) is 7.83. The maximum Gasteiger partial charge on any atom is 0.259 e. The van der Waals surface area contributed by atoms with Crippen LogP contribution in [0.3, 0.4) is 0 Å². The Morgan fingerprint density at radius 1 is 1.08 bits per heavy atom. The maximum atomic E-state index is 12.4. The fraction of sp³-hybridized carbons (Fsp3) is 0.100. The highest BCUT2D eigenvalue weighted by atomic mass is 16.5. The number of anilines is 1. The quantitative estimate of drug-likeness (QED) is 0.739. The SMILES string of the molecule is Cc1cccc(C)c1Oc1ccc(O)c(C(=O)Nc2cccnc2)c1. The average Bonchev–Trinajstić information content (AvgIpc) is 2.60. The van der Waals surface area contributed by atoms with Gasteiger partial charge in [0.05, 0.1) is 17.4 Å². The molecule has 1 aromatic heterocycles. The average molecular weight is 334 g/mol. The van der Waals surface area contributed by atoms with Gasteiger partial charge in [-0.3, -0.25) is 9.78 Å². The minimum absolute atomic E-state index is 0.116. The zero-order chi connectivity index (χ0) is 17.8. The highest BCUT2D eigenvalue weighted by molar-refractivity contribution is 6.06. The number of para-hydroxylation sites is 1. The molecule has 5 nitrogen and oxygen atoms in total. The molecule has 1 amide bonds. The van der Waals surface area contributed by atoms with Crippen LogP contribution in [0.5, 0.6) is 17.2 Å². The van der Waals surface area contributed by atoms with E-state index in [1.807, 2.05) is 32.0 Å². The molecule has 0 radical (unpaired) electrons. The molecule has 0 aliphatic heterocycles. The minimum Gasteiger partial charge on any atom is -0.507 e. The van der Waals surface area contributed by atoms with Crippen LogP contribution in [0.2, 0.25) is 0 Å². The Kier molecular flexibility index (Phi) is 4.66. The molecule has 2 N–H and O–H groups in total. The Labute approximate surface area is 145 Å². The summed E-state index contributed by atoms with van der Waals surface area (Å²) < 4.78 is 5.93. The molecule has 0 bridgehead atoms. The predicted molar refractivity (Wildman–Crippen MR) is 96.3 cm³/mol. The third kappa shape index (κ3) is 3.77. The third-order valence-corrected chi connectivity index (χ3v) is 3.76. The number of hydrogen-bond donors (Lipinski definition) is 2. The number of carbonyl (C=O) groups is 1. The lowest BCUT2D eigenvalue weighted by Gasteiger charge is -2.13. The van der Waals surface area contributed by atoms with Crippen LogP contribution in [-0.4, -0.2) is 16.0 Å². The maximum absolute atomic E-state index is 12.4. The highest BCUT2D eigenvalue weighted by Gasteiger charge is 2.14. The lowest BCUT2D eigenvalue weighted by Crippen LogP contribution is -2.12. The third-order valence-electron chi connectivity index (χ3n) is 3.76. The van der Waals surface area contributed by atoms with E-state index in [2.05, 4.69) is 10.3 Å². The molecule has 3 rings (SSSR count). The highest BCUT2D eigenvalue weighted by Crippen LogP contribution is 2.31. The van der Waals surface area contributed by atoms with Gasteiger partial charge in [-0.1, -0.05) is 18.2 Å². The van der Waals surface area contributed by atoms with Gasteiger partial charge in [-0.2, -0.15) is 0 Å². The van der Waals surface area contributed by atoms with Gasteiger partial charge in [-0.15, -0.1) is 0 Å². The molecule has 3 aromatic rings. The predicted octanol–water partition coefficient (Wildman–Crippen LogP) is 4.45. The number of aryl methyl sites for hydroxylation is 2. The number of hydrogen-bond acceptors (Lipinski definition) is 4. The lowest BCUT2D eigenvalue weighted by atomic mass is 10.1. The van der Waals surface area contributed by atoms with Crippen molar-refractivity contribution in [1.82, 2.24) is 4.98 Å². The zero-order valence-electron chi connectivity index (χ0n) is 14.0. The van der Waals surface area contributed by atoms with Gasteiger partial charge in [0.15, 0.2) is 0 Å². The molecule has 25 heavy (non-hydrogen) atoms. The van der Waals surface area contributed by atoms with Crippen LogP contribution >= 0.6 is 0 Å². The Bertz CT molecular complexity index is 888. The summed E-state index contributed by atoms with van der Waals surface area (Å²) in [5.74, 6) is 0.672. The molecule has 2 aromatic carbocycles. The summed E-state index contributed by atoms with van der Waals surface area (Å²) in [5, 5.41) is 12.7. The minimum atomic E-state index is -0.433. The van der Waals surface area contributed by atoms with Crippen molar-refractivity contribution in [2.75, 3.05) is 5.32 Å². The number of rotatable bonds is 4. The molecule has 0 saturated heterocycles. The van der Waals surface area contributed by atoms with Crippen molar-refractivity contribution >= 4 is 11.6 Å². The van der Waals surface area contributed by atoms with Crippen molar-refractivity contribution in [3.05, 3.63) is 77.6 Å². The Hall–Kier alpha value is -3.34. The van der Waals surface area contributed by atoms with Crippen LogP contribution in [-0.2, 0) is 0 Å². The van der Waals surface area contributed by atoms with Gasteiger partial charge in [-0.05, 0) is 55.3 Å². The summed E-state index contributed by atoms with van der Waals surface area (Å²) >= 11 is 0. The topological polar surface area (TPSA) is 71.5 Å². The number of phenolic OH excluding ortho intramolecular Hbond substituents is 1. The van der Waals surface area contributed by atoms with E-state index < -0.39 is 5.91 Å². The van der Waals surface area contributed by atoms with E-state index in [4.69, 9.17) is 4.74 Å². The van der Waals surface area contributed by atoms with E-state index in [-0.39, 0.29) is 11.3 Å². The number of nitrogens with one attached hydrogen (secondary N) is 1. The summed E-state index contributed by atoms with van der Waals surface area (Å²) in [5.41, 5.74) is 2.67. The van der Waals surface area contributed by atoms with E-state index in [1.54, 1.807) is 24.4 Å². The molecular formula is C20H18N2O3. The fourth-order valence-corrected chi connectivity index (χ4v) is 2.47.